The Bertz CT molecular complexity index is 1170. The van der Waals surface area contributed by atoms with Gasteiger partial charge in [0.25, 0.3) is 10.0 Å². The molecule has 0 unspecified atom stereocenters. The highest BCUT2D eigenvalue weighted by Gasteiger charge is 2.14. The van der Waals surface area contributed by atoms with E-state index in [4.69, 9.17) is 5.73 Å². The highest BCUT2D eigenvalue weighted by molar-refractivity contribution is 7.92. The quantitative estimate of drug-likeness (QED) is 0.213. The third-order valence-corrected chi connectivity index (χ3v) is 5.44. The molecule has 8 heteroatoms. The number of hydrogen-bond donors (Lipinski definition) is 4. The number of nitrogens with two attached hydrogens (primary N) is 1. The largest absolute Gasteiger partial charge is 0.504 e. The van der Waals surface area contributed by atoms with Crippen LogP contribution in [0.15, 0.2) is 77.7 Å². The summed E-state index contributed by atoms with van der Waals surface area (Å²) in [5.74, 6) is -0.826. The number of allylic oxidation sites excluding steroid dienone is 1. The monoisotopic (exact) mass is 410 g/mol. The fourth-order valence-electron chi connectivity index (χ4n) is 2.48. The Morgan fingerprint density at radius 2 is 1.55 bits per heavy atom. The van der Waals surface area contributed by atoms with Gasteiger partial charge >= 0.3 is 0 Å². The number of sulfonamides is 1. The third kappa shape index (κ3) is 4.94. The van der Waals surface area contributed by atoms with E-state index in [9.17, 15) is 23.4 Å². The van der Waals surface area contributed by atoms with Gasteiger partial charge in [-0.25, -0.2) is 8.42 Å². The van der Waals surface area contributed by atoms with Crippen molar-refractivity contribution in [1.82, 2.24) is 0 Å². The molecule has 0 amide bonds. The standard InChI is InChI=1S/C21H18N2O5S/c22-16-5-9-18(10-6-16)29(27,28)23-17-7-3-15(4-8-17)19(24)11-1-14-2-12-20(25)21(26)13-14/h1-13,23,25-26H,22H2. The molecule has 3 rings (SSSR count). The summed E-state index contributed by atoms with van der Waals surface area (Å²) in [5, 5.41) is 18.8. The third-order valence-electron chi connectivity index (χ3n) is 4.04. The van der Waals surface area contributed by atoms with Crippen LogP contribution in [-0.2, 0) is 10.0 Å². The number of phenols is 2. The van der Waals surface area contributed by atoms with Gasteiger partial charge in [0.2, 0.25) is 0 Å². The predicted molar refractivity (Wildman–Crippen MR) is 111 cm³/mol. The first-order valence-corrected chi connectivity index (χ1v) is 9.96. The van der Waals surface area contributed by atoms with Crippen molar-refractivity contribution in [2.24, 2.45) is 0 Å². The van der Waals surface area contributed by atoms with E-state index in [1.807, 2.05) is 0 Å². The van der Waals surface area contributed by atoms with Crippen molar-refractivity contribution < 1.29 is 23.4 Å². The van der Waals surface area contributed by atoms with E-state index in [0.29, 0.717) is 22.5 Å². The number of ketones is 1. The molecule has 0 bridgehead atoms. The summed E-state index contributed by atoms with van der Waals surface area (Å²) in [5.41, 5.74) is 7.24. The molecule has 0 heterocycles. The molecular weight excluding hydrogens is 392 g/mol. The second-order valence-electron chi connectivity index (χ2n) is 6.20. The lowest BCUT2D eigenvalue weighted by molar-refractivity contribution is 0.104. The van der Waals surface area contributed by atoms with E-state index in [1.165, 1.54) is 72.8 Å². The number of phenolic OH excluding ortho intramolecular Hbond substituents is 2. The molecule has 29 heavy (non-hydrogen) atoms. The first-order valence-electron chi connectivity index (χ1n) is 8.47. The maximum Gasteiger partial charge on any atom is 0.261 e. The van der Waals surface area contributed by atoms with Crippen LogP contribution in [0.2, 0.25) is 0 Å². The van der Waals surface area contributed by atoms with Crippen molar-refractivity contribution in [3.8, 4) is 11.5 Å². The molecule has 3 aromatic rings. The van der Waals surface area contributed by atoms with E-state index in [1.54, 1.807) is 6.07 Å². The lowest BCUT2D eigenvalue weighted by atomic mass is 10.1. The van der Waals surface area contributed by atoms with Crippen LogP contribution in [0, 0.1) is 0 Å². The zero-order chi connectivity index (χ0) is 21.0. The Morgan fingerprint density at radius 3 is 2.17 bits per heavy atom. The normalized spacial score (nSPS) is 11.4. The maximum atomic E-state index is 12.4. The molecule has 0 fully saturated rings. The summed E-state index contributed by atoms with van der Waals surface area (Å²) in [6.45, 7) is 0. The van der Waals surface area contributed by atoms with Crippen LogP contribution in [0.1, 0.15) is 15.9 Å². The van der Waals surface area contributed by atoms with Gasteiger partial charge in [0.15, 0.2) is 17.3 Å². The number of benzene rings is 3. The summed E-state index contributed by atoms with van der Waals surface area (Å²) in [6, 6.07) is 16.0. The van der Waals surface area contributed by atoms with E-state index in [-0.39, 0.29) is 22.2 Å². The van der Waals surface area contributed by atoms with Crippen molar-refractivity contribution in [1.29, 1.82) is 0 Å². The second kappa shape index (κ2) is 8.07. The van der Waals surface area contributed by atoms with Gasteiger partial charge in [0.05, 0.1) is 4.90 Å². The molecule has 0 atom stereocenters. The number of aromatic hydroxyl groups is 2. The van der Waals surface area contributed by atoms with E-state index < -0.39 is 10.0 Å². The number of carbonyl (C=O) groups is 1. The van der Waals surface area contributed by atoms with Crippen LogP contribution in [0.25, 0.3) is 6.08 Å². The number of carbonyl (C=O) groups excluding carboxylic acids is 1. The summed E-state index contributed by atoms with van der Waals surface area (Å²) < 4.78 is 27.2. The molecule has 0 aliphatic rings. The number of nitrogens with one attached hydrogen (secondary N) is 1. The van der Waals surface area contributed by atoms with Gasteiger partial charge in [-0.3, -0.25) is 9.52 Å². The first-order chi connectivity index (χ1) is 13.7. The average Bonchev–Trinajstić information content (AvgIpc) is 2.69. The Labute approximate surface area is 167 Å². The summed E-state index contributed by atoms with van der Waals surface area (Å²) in [6.07, 6.45) is 2.82. The van der Waals surface area contributed by atoms with Crippen molar-refractivity contribution >= 4 is 33.3 Å². The molecule has 0 spiro atoms. The van der Waals surface area contributed by atoms with Gasteiger partial charge in [-0.05, 0) is 72.3 Å². The smallest absolute Gasteiger partial charge is 0.261 e. The Morgan fingerprint density at radius 1 is 0.897 bits per heavy atom. The zero-order valence-corrected chi connectivity index (χ0v) is 15.9. The molecule has 5 N–H and O–H groups in total. The summed E-state index contributed by atoms with van der Waals surface area (Å²) in [7, 11) is -3.77. The molecule has 0 aliphatic heterocycles. The number of hydrogen-bond acceptors (Lipinski definition) is 6. The average molecular weight is 410 g/mol. The number of rotatable bonds is 6. The van der Waals surface area contributed by atoms with Crippen LogP contribution in [0.5, 0.6) is 11.5 Å². The van der Waals surface area contributed by atoms with Gasteiger partial charge < -0.3 is 15.9 Å². The lowest BCUT2D eigenvalue weighted by Crippen LogP contribution is -2.13. The topological polar surface area (TPSA) is 130 Å². The van der Waals surface area contributed by atoms with E-state index in [0.717, 1.165) is 0 Å². The zero-order valence-electron chi connectivity index (χ0n) is 15.1. The molecular formula is C21H18N2O5S. The van der Waals surface area contributed by atoms with Crippen LogP contribution in [0.3, 0.4) is 0 Å². The van der Waals surface area contributed by atoms with Gasteiger partial charge in [-0.15, -0.1) is 0 Å². The van der Waals surface area contributed by atoms with Crippen LogP contribution in [0.4, 0.5) is 11.4 Å². The van der Waals surface area contributed by atoms with Gasteiger partial charge in [0, 0.05) is 16.9 Å². The van der Waals surface area contributed by atoms with Crippen molar-refractivity contribution in [2.45, 2.75) is 4.90 Å². The van der Waals surface area contributed by atoms with Crippen LogP contribution in [-0.4, -0.2) is 24.4 Å². The van der Waals surface area contributed by atoms with Gasteiger partial charge in [-0.2, -0.15) is 0 Å². The first kappa shape index (κ1) is 20.0. The van der Waals surface area contributed by atoms with Crippen molar-refractivity contribution in [2.75, 3.05) is 10.5 Å². The molecule has 7 nitrogen and oxygen atoms in total. The highest BCUT2D eigenvalue weighted by atomic mass is 32.2. The summed E-state index contributed by atoms with van der Waals surface area (Å²) in [4.78, 5) is 12.3. The van der Waals surface area contributed by atoms with Crippen molar-refractivity contribution in [3.05, 3.63) is 83.9 Å². The Kier molecular flexibility index (Phi) is 5.56. The minimum absolute atomic E-state index is 0.0759. The summed E-state index contributed by atoms with van der Waals surface area (Å²) >= 11 is 0. The number of anilines is 2. The lowest BCUT2D eigenvalue weighted by Gasteiger charge is -2.08. The molecule has 0 saturated carbocycles. The van der Waals surface area contributed by atoms with Crippen LogP contribution >= 0.6 is 0 Å². The second-order valence-corrected chi connectivity index (χ2v) is 7.88. The predicted octanol–water partition coefficient (Wildman–Crippen LogP) is 3.38. The molecule has 0 saturated heterocycles. The SMILES string of the molecule is Nc1ccc(S(=O)(=O)Nc2ccc(C(=O)C=Cc3ccc(O)c(O)c3)cc2)cc1. The fourth-order valence-corrected chi connectivity index (χ4v) is 3.53. The highest BCUT2D eigenvalue weighted by Crippen LogP contribution is 2.25. The Balaban J connectivity index is 1.70. The van der Waals surface area contributed by atoms with E-state index in [2.05, 4.69) is 4.72 Å². The van der Waals surface area contributed by atoms with Gasteiger partial charge in [-0.1, -0.05) is 12.1 Å². The molecule has 0 aliphatic carbocycles. The Hall–Kier alpha value is -3.78. The molecule has 3 aromatic carbocycles. The molecule has 0 radical (unpaired) electrons. The van der Waals surface area contributed by atoms with E-state index >= 15 is 0 Å². The minimum atomic E-state index is -3.77. The maximum absolute atomic E-state index is 12.4. The minimum Gasteiger partial charge on any atom is -0.504 e. The number of nitrogen functional groups attached to an aromatic ring is 1. The fraction of sp³-hybridized carbons (Fsp3) is 0. The van der Waals surface area contributed by atoms with Crippen LogP contribution < -0.4 is 10.5 Å². The molecule has 0 aromatic heterocycles. The van der Waals surface area contributed by atoms with Gasteiger partial charge in [0.1, 0.15) is 0 Å². The van der Waals surface area contributed by atoms with Crippen molar-refractivity contribution in [3.63, 3.8) is 0 Å². The molecule has 148 valence electrons.